The average Bonchev–Trinajstić information content (AvgIpc) is 3.07. The van der Waals surface area contributed by atoms with Crippen LogP contribution in [0.2, 0.25) is 5.28 Å². The number of nitrogens with zero attached hydrogens (tertiary/aromatic N) is 4. The van der Waals surface area contributed by atoms with Gasteiger partial charge < -0.3 is 4.74 Å². The Morgan fingerprint density at radius 2 is 1.77 bits per heavy atom. The van der Waals surface area contributed by atoms with Gasteiger partial charge in [0.05, 0.1) is 23.6 Å². The molecule has 0 bridgehead atoms. The minimum absolute atomic E-state index is 0.00116. The first-order valence-corrected chi connectivity index (χ1v) is 7.83. The van der Waals surface area contributed by atoms with Gasteiger partial charge in [0, 0.05) is 5.56 Å². The molecule has 0 spiro atoms. The first kappa shape index (κ1) is 16.6. The van der Waals surface area contributed by atoms with Crippen LogP contribution in [0, 0.1) is 0 Å². The van der Waals surface area contributed by atoms with E-state index in [9.17, 15) is 13.2 Å². The predicted octanol–water partition coefficient (Wildman–Crippen LogP) is 4.63. The number of aromatic nitrogens is 4. The smallest absolute Gasteiger partial charge is 0.417 e. The number of hydrogen-bond acceptors (Lipinski definition) is 4. The Labute approximate surface area is 150 Å². The van der Waals surface area contributed by atoms with E-state index in [1.165, 1.54) is 19.2 Å². The molecule has 0 aliphatic carbocycles. The highest BCUT2D eigenvalue weighted by Gasteiger charge is 2.34. The van der Waals surface area contributed by atoms with Gasteiger partial charge >= 0.3 is 6.18 Å². The summed E-state index contributed by atoms with van der Waals surface area (Å²) in [6, 6.07) is 10.6. The molecular weight excluding hydrogens is 369 g/mol. The van der Waals surface area contributed by atoms with Gasteiger partial charge in [0.2, 0.25) is 5.28 Å². The van der Waals surface area contributed by atoms with Crippen molar-refractivity contribution < 1.29 is 17.9 Å². The topological polar surface area (TPSA) is 52.3 Å². The van der Waals surface area contributed by atoms with Gasteiger partial charge in [-0.15, -0.1) is 5.10 Å². The number of benzene rings is 2. The number of fused-ring (bicyclic) bond motifs is 3. The number of halogens is 4. The molecule has 0 radical (unpaired) electrons. The molecule has 2 aromatic heterocycles. The molecular formula is C17H10ClF3N4O. The monoisotopic (exact) mass is 378 g/mol. The quantitative estimate of drug-likeness (QED) is 0.477. The van der Waals surface area contributed by atoms with E-state index < -0.39 is 11.7 Å². The summed E-state index contributed by atoms with van der Waals surface area (Å²) in [6.07, 6.45) is -4.55. The number of methoxy groups -OCH3 is 1. The van der Waals surface area contributed by atoms with Crippen LogP contribution in [-0.4, -0.2) is 26.7 Å². The van der Waals surface area contributed by atoms with Gasteiger partial charge in [0.15, 0.2) is 11.5 Å². The number of hydrogen-bond donors (Lipinski definition) is 0. The van der Waals surface area contributed by atoms with Crippen molar-refractivity contribution in [2.45, 2.75) is 6.18 Å². The molecule has 4 rings (SSSR count). The molecule has 9 heteroatoms. The fourth-order valence-electron chi connectivity index (χ4n) is 2.72. The normalized spacial score (nSPS) is 12.0. The average molecular weight is 379 g/mol. The third kappa shape index (κ3) is 2.62. The molecule has 0 aliphatic rings. The Morgan fingerprint density at radius 3 is 2.42 bits per heavy atom. The molecule has 0 amide bonds. The Kier molecular flexibility index (Phi) is 3.73. The van der Waals surface area contributed by atoms with Crippen LogP contribution in [0.5, 0.6) is 5.75 Å². The summed E-state index contributed by atoms with van der Waals surface area (Å²) in [5.74, 6) is 0.878. The zero-order valence-electron chi connectivity index (χ0n) is 13.3. The molecule has 0 N–H and O–H groups in total. The SMILES string of the molecule is COc1ccc(-c2nc3c4c(C(F)(F)F)cccc4nc(Cl)n3n2)cc1. The van der Waals surface area contributed by atoms with Gasteiger partial charge in [-0.1, -0.05) is 6.07 Å². The number of rotatable bonds is 2. The van der Waals surface area contributed by atoms with Crippen molar-refractivity contribution in [1.82, 2.24) is 19.6 Å². The van der Waals surface area contributed by atoms with Crippen molar-refractivity contribution in [2.24, 2.45) is 0 Å². The van der Waals surface area contributed by atoms with E-state index in [0.717, 1.165) is 10.6 Å². The standard InChI is InChI=1S/C17H10ClF3N4O/c1-26-10-7-5-9(6-8-10)14-23-15-13-11(17(19,20)21)3-2-4-12(13)22-16(18)25(15)24-14/h2-8H,1H3. The van der Waals surface area contributed by atoms with Crippen LogP contribution in [-0.2, 0) is 6.18 Å². The van der Waals surface area contributed by atoms with Crippen LogP contribution < -0.4 is 4.74 Å². The van der Waals surface area contributed by atoms with Crippen LogP contribution in [0.25, 0.3) is 27.9 Å². The van der Waals surface area contributed by atoms with Gasteiger partial charge in [-0.3, -0.25) is 0 Å². The van der Waals surface area contributed by atoms with Gasteiger partial charge in [0.25, 0.3) is 0 Å². The van der Waals surface area contributed by atoms with E-state index in [2.05, 4.69) is 15.1 Å². The van der Waals surface area contributed by atoms with E-state index >= 15 is 0 Å². The second-order valence-electron chi connectivity index (χ2n) is 5.48. The maximum atomic E-state index is 13.4. The molecule has 26 heavy (non-hydrogen) atoms. The van der Waals surface area contributed by atoms with Crippen molar-refractivity contribution in [1.29, 1.82) is 0 Å². The molecule has 0 atom stereocenters. The van der Waals surface area contributed by atoms with Crippen molar-refractivity contribution in [3.63, 3.8) is 0 Å². The van der Waals surface area contributed by atoms with Gasteiger partial charge in [0.1, 0.15) is 5.75 Å². The molecule has 0 saturated carbocycles. The third-order valence-electron chi connectivity index (χ3n) is 3.91. The molecule has 0 fully saturated rings. The zero-order chi connectivity index (χ0) is 18.5. The molecule has 2 heterocycles. The Balaban J connectivity index is 2.02. The van der Waals surface area contributed by atoms with Crippen molar-refractivity contribution in [3.05, 3.63) is 53.3 Å². The van der Waals surface area contributed by atoms with Crippen molar-refractivity contribution in [2.75, 3.05) is 7.11 Å². The molecule has 5 nitrogen and oxygen atoms in total. The second-order valence-corrected chi connectivity index (χ2v) is 5.82. The lowest BCUT2D eigenvalue weighted by Gasteiger charge is -2.10. The molecule has 0 unspecified atom stereocenters. The highest BCUT2D eigenvalue weighted by Crippen LogP contribution is 2.36. The van der Waals surface area contributed by atoms with E-state index in [0.29, 0.717) is 11.3 Å². The fraction of sp³-hybridized carbons (Fsp3) is 0.118. The third-order valence-corrected chi connectivity index (χ3v) is 4.16. The molecule has 132 valence electrons. The van der Waals surface area contributed by atoms with Crippen LogP contribution in [0.15, 0.2) is 42.5 Å². The summed E-state index contributed by atoms with van der Waals surface area (Å²) in [5, 5.41) is 4.00. The minimum Gasteiger partial charge on any atom is -0.497 e. The summed E-state index contributed by atoms with van der Waals surface area (Å²) in [4.78, 5) is 8.31. The Morgan fingerprint density at radius 1 is 1.04 bits per heavy atom. The molecule has 2 aromatic carbocycles. The highest BCUT2D eigenvalue weighted by atomic mass is 35.5. The van der Waals surface area contributed by atoms with Crippen molar-refractivity contribution >= 4 is 28.2 Å². The van der Waals surface area contributed by atoms with E-state index in [1.54, 1.807) is 24.3 Å². The van der Waals surface area contributed by atoms with Crippen LogP contribution in [0.4, 0.5) is 13.2 Å². The van der Waals surface area contributed by atoms with E-state index in [1.807, 2.05) is 0 Å². The number of ether oxygens (including phenoxy) is 1. The predicted molar refractivity (Wildman–Crippen MR) is 90.3 cm³/mol. The first-order chi connectivity index (χ1) is 12.4. The van der Waals surface area contributed by atoms with Gasteiger partial charge in [-0.2, -0.15) is 17.7 Å². The van der Waals surface area contributed by atoms with Crippen LogP contribution in [0.3, 0.4) is 0 Å². The Bertz CT molecular complexity index is 1120. The zero-order valence-corrected chi connectivity index (χ0v) is 14.0. The lowest BCUT2D eigenvalue weighted by atomic mass is 10.1. The lowest BCUT2D eigenvalue weighted by molar-refractivity contribution is -0.136. The summed E-state index contributed by atoms with van der Waals surface area (Å²) in [7, 11) is 1.54. The van der Waals surface area contributed by atoms with Gasteiger partial charge in [-0.05, 0) is 48.0 Å². The largest absolute Gasteiger partial charge is 0.497 e. The summed E-state index contributed by atoms with van der Waals surface area (Å²) in [6.45, 7) is 0. The maximum absolute atomic E-state index is 13.4. The molecule has 0 aliphatic heterocycles. The highest BCUT2D eigenvalue weighted by molar-refractivity contribution is 6.29. The van der Waals surface area contributed by atoms with Gasteiger partial charge in [-0.25, -0.2) is 9.97 Å². The van der Waals surface area contributed by atoms with E-state index in [4.69, 9.17) is 16.3 Å². The minimum atomic E-state index is -4.55. The van der Waals surface area contributed by atoms with Crippen LogP contribution >= 0.6 is 11.6 Å². The summed E-state index contributed by atoms with van der Waals surface area (Å²) in [5.41, 5.74) is -0.120. The second kappa shape index (κ2) is 5.84. The van der Waals surface area contributed by atoms with Crippen molar-refractivity contribution in [3.8, 4) is 17.1 Å². The summed E-state index contributed by atoms with van der Waals surface area (Å²) >= 11 is 6.10. The summed E-state index contributed by atoms with van der Waals surface area (Å²) < 4.78 is 46.5. The first-order valence-electron chi connectivity index (χ1n) is 7.45. The molecule has 4 aromatic rings. The number of alkyl halides is 3. The lowest BCUT2D eigenvalue weighted by Crippen LogP contribution is -2.07. The molecule has 0 saturated heterocycles. The maximum Gasteiger partial charge on any atom is 0.417 e. The fourth-order valence-corrected chi connectivity index (χ4v) is 2.93. The van der Waals surface area contributed by atoms with E-state index in [-0.39, 0.29) is 27.7 Å². The Hall–Kier alpha value is -2.87. The van der Waals surface area contributed by atoms with Crippen LogP contribution in [0.1, 0.15) is 5.56 Å².